The summed E-state index contributed by atoms with van der Waals surface area (Å²) in [4.78, 5) is 31.9. The number of methoxy groups -OCH3 is 1. The second-order valence-electron chi connectivity index (χ2n) is 9.50. The number of benzene rings is 2. The molecule has 0 radical (unpaired) electrons. The molecule has 1 atom stereocenters. The molecule has 1 amide bonds. The van der Waals surface area contributed by atoms with Crippen LogP contribution in [0.2, 0.25) is 0 Å². The second kappa shape index (κ2) is 9.33. The largest absolute Gasteiger partial charge is 0.507 e. The summed E-state index contributed by atoms with van der Waals surface area (Å²) >= 11 is 0. The van der Waals surface area contributed by atoms with E-state index in [2.05, 4.69) is 4.98 Å². The number of pyridine rings is 1. The molecule has 0 saturated carbocycles. The van der Waals surface area contributed by atoms with Crippen molar-refractivity contribution < 1.29 is 23.8 Å². The van der Waals surface area contributed by atoms with Gasteiger partial charge in [-0.2, -0.15) is 0 Å². The Balaban J connectivity index is 1.87. The molecule has 1 fully saturated rings. The van der Waals surface area contributed by atoms with Gasteiger partial charge in [-0.15, -0.1) is 0 Å². The molecular weight excluding hydrogens is 447 g/mol. The van der Waals surface area contributed by atoms with Gasteiger partial charge in [-0.05, 0) is 52.9 Å². The molecule has 7 heteroatoms. The third-order valence-corrected chi connectivity index (χ3v) is 6.09. The molecule has 1 aliphatic rings. The number of likely N-dealkylation sites (tertiary alicyclic amines) is 1. The van der Waals surface area contributed by atoms with Gasteiger partial charge in [0, 0.05) is 30.1 Å². The maximum Gasteiger partial charge on any atom is 0.295 e. The average Bonchev–Trinajstić information content (AvgIpc) is 3.09. The van der Waals surface area contributed by atoms with Crippen molar-refractivity contribution in [2.75, 3.05) is 7.11 Å². The number of ketones is 1. The van der Waals surface area contributed by atoms with Crippen molar-refractivity contribution >= 4 is 17.4 Å². The lowest BCUT2D eigenvalue weighted by atomic mass is 9.84. The highest BCUT2D eigenvalue weighted by Crippen LogP contribution is 2.41. The zero-order chi connectivity index (χ0) is 25.3. The number of hydrogen-bond acceptors (Lipinski definition) is 5. The van der Waals surface area contributed by atoms with E-state index in [4.69, 9.17) is 4.74 Å². The number of hydrogen-bond donors (Lipinski definition) is 1. The van der Waals surface area contributed by atoms with Gasteiger partial charge in [0.25, 0.3) is 11.7 Å². The van der Waals surface area contributed by atoms with Gasteiger partial charge in [-0.1, -0.05) is 39.0 Å². The molecule has 0 aliphatic carbocycles. The lowest BCUT2D eigenvalue weighted by Crippen LogP contribution is -2.29. The first-order valence-electron chi connectivity index (χ1n) is 11.2. The Morgan fingerprint density at radius 2 is 1.83 bits per heavy atom. The lowest BCUT2D eigenvalue weighted by molar-refractivity contribution is -0.140. The normalized spacial score (nSPS) is 17.6. The molecule has 1 aromatic heterocycles. The molecule has 2 aromatic carbocycles. The van der Waals surface area contributed by atoms with E-state index in [1.165, 1.54) is 17.0 Å². The monoisotopic (exact) mass is 474 g/mol. The summed E-state index contributed by atoms with van der Waals surface area (Å²) in [5.41, 5.74) is 2.18. The first-order valence-corrected chi connectivity index (χ1v) is 11.2. The molecule has 1 N–H and O–H groups in total. The van der Waals surface area contributed by atoms with Gasteiger partial charge < -0.3 is 14.7 Å². The summed E-state index contributed by atoms with van der Waals surface area (Å²) in [7, 11) is 1.58. The summed E-state index contributed by atoms with van der Waals surface area (Å²) in [6.45, 7) is 6.13. The Bertz CT molecular complexity index is 1290. The zero-order valence-electron chi connectivity index (χ0n) is 20.1. The van der Waals surface area contributed by atoms with Crippen LogP contribution in [0.1, 0.15) is 49.1 Å². The Morgan fingerprint density at radius 3 is 2.43 bits per heavy atom. The molecule has 0 bridgehead atoms. The van der Waals surface area contributed by atoms with Crippen molar-refractivity contribution in [3.8, 4) is 5.75 Å². The highest BCUT2D eigenvalue weighted by molar-refractivity contribution is 6.46. The lowest BCUT2D eigenvalue weighted by Gasteiger charge is -2.26. The van der Waals surface area contributed by atoms with Crippen molar-refractivity contribution in [1.29, 1.82) is 0 Å². The Labute approximate surface area is 203 Å². The minimum atomic E-state index is -0.853. The number of ether oxygens (including phenoxy) is 1. The number of halogens is 1. The Kier molecular flexibility index (Phi) is 6.43. The van der Waals surface area contributed by atoms with Gasteiger partial charge in [0.05, 0.1) is 18.7 Å². The second-order valence-corrected chi connectivity index (χ2v) is 9.50. The summed E-state index contributed by atoms with van der Waals surface area (Å²) in [5.74, 6) is -1.53. The van der Waals surface area contributed by atoms with Gasteiger partial charge in [0.1, 0.15) is 17.3 Å². The number of carbonyl (C=O) groups excluding carboxylic acids is 2. The fourth-order valence-electron chi connectivity index (χ4n) is 4.31. The van der Waals surface area contributed by atoms with Crippen LogP contribution in [0.3, 0.4) is 0 Å². The van der Waals surface area contributed by atoms with Crippen LogP contribution in [-0.2, 0) is 21.5 Å². The van der Waals surface area contributed by atoms with Crippen molar-refractivity contribution in [3.05, 3.63) is 101 Å². The first-order chi connectivity index (χ1) is 16.6. The third-order valence-electron chi connectivity index (χ3n) is 6.09. The summed E-state index contributed by atoms with van der Waals surface area (Å²) < 4.78 is 18.9. The van der Waals surface area contributed by atoms with Crippen molar-refractivity contribution in [3.63, 3.8) is 0 Å². The van der Waals surface area contributed by atoms with E-state index >= 15 is 0 Å². The van der Waals surface area contributed by atoms with Gasteiger partial charge >= 0.3 is 0 Å². The number of carbonyl (C=O) groups is 2. The van der Waals surface area contributed by atoms with Crippen LogP contribution in [0.25, 0.3) is 5.76 Å². The molecule has 180 valence electrons. The van der Waals surface area contributed by atoms with Crippen molar-refractivity contribution in [2.45, 2.75) is 38.8 Å². The van der Waals surface area contributed by atoms with Crippen LogP contribution in [0.5, 0.6) is 5.75 Å². The number of nitrogens with zero attached hydrogens (tertiary/aromatic N) is 2. The van der Waals surface area contributed by atoms with E-state index in [0.717, 1.165) is 5.56 Å². The topological polar surface area (TPSA) is 79.7 Å². The number of aromatic nitrogens is 1. The summed E-state index contributed by atoms with van der Waals surface area (Å²) in [6.07, 6.45) is 3.16. The standard InChI is InChI=1S/C28H27FN2O4/c1-28(2,3)21-14-18(9-12-22(21)35-4)25(32)23-24(19-6-5-13-30-15-19)31(27(34)26(23)33)16-17-7-10-20(29)11-8-17/h5-15,24,32H,16H2,1-4H3/b25-23-. The van der Waals surface area contributed by atoms with Crippen LogP contribution < -0.4 is 4.74 Å². The fraction of sp³-hybridized carbons (Fsp3) is 0.250. The smallest absolute Gasteiger partial charge is 0.295 e. The molecule has 1 unspecified atom stereocenters. The molecular formula is C28H27FN2O4. The SMILES string of the molecule is COc1ccc(/C(O)=C2/C(=O)C(=O)N(Cc3ccc(F)cc3)C2c2cccnc2)cc1C(C)(C)C. The van der Waals surface area contributed by atoms with E-state index < -0.39 is 23.5 Å². The van der Waals surface area contributed by atoms with Crippen LogP contribution in [0.15, 0.2) is 72.6 Å². The fourth-order valence-corrected chi connectivity index (χ4v) is 4.31. The quantitative estimate of drug-likeness (QED) is 0.314. The highest BCUT2D eigenvalue weighted by Gasteiger charge is 2.46. The number of amides is 1. The number of rotatable bonds is 5. The van der Waals surface area contributed by atoms with Crippen LogP contribution in [0.4, 0.5) is 4.39 Å². The van der Waals surface area contributed by atoms with Gasteiger partial charge in [-0.3, -0.25) is 14.6 Å². The molecule has 3 aromatic rings. The third kappa shape index (κ3) is 4.67. The maximum absolute atomic E-state index is 13.4. The van der Waals surface area contributed by atoms with E-state index in [1.54, 1.807) is 62.0 Å². The van der Waals surface area contributed by atoms with Crippen molar-refractivity contribution in [1.82, 2.24) is 9.88 Å². The molecule has 35 heavy (non-hydrogen) atoms. The van der Waals surface area contributed by atoms with E-state index in [0.29, 0.717) is 22.4 Å². The summed E-state index contributed by atoms with van der Waals surface area (Å²) in [6, 6.07) is 13.5. The molecule has 6 nitrogen and oxygen atoms in total. The highest BCUT2D eigenvalue weighted by atomic mass is 19.1. The number of aliphatic hydroxyl groups is 1. The minimum Gasteiger partial charge on any atom is -0.507 e. The molecule has 0 spiro atoms. The van der Waals surface area contributed by atoms with Crippen LogP contribution in [0, 0.1) is 5.82 Å². The predicted octanol–water partition coefficient (Wildman–Crippen LogP) is 5.15. The predicted molar refractivity (Wildman–Crippen MR) is 130 cm³/mol. The van der Waals surface area contributed by atoms with Crippen LogP contribution in [-0.4, -0.2) is 33.8 Å². The number of aliphatic hydroxyl groups excluding tert-OH is 1. The Hall–Kier alpha value is -4.00. The maximum atomic E-state index is 13.4. The number of Topliss-reactive ketones (excluding diaryl/α,β-unsaturated/α-hetero) is 1. The molecule has 4 rings (SSSR count). The van der Waals surface area contributed by atoms with E-state index in [1.807, 2.05) is 20.8 Å². The van der Waals surface area contributed by atoms with E-state index in [-0.39, 0.29) is 23.3 Å². The Morgan fingerprint density at radius 1 is 1.11 bits per heavy atom. The first kappa shape index (κ1) is 24.1. The van der Waals surface area contributed by atoms with Gasteiger partial charge in [-0.25, -0.2) is 4.39 Å². The van der Waals surface area contributed by atoms with Gasteiger partial charge in [0.15, 0.2) is 0 Å². The molecule has 1 aliphatic heterocycles. The zero-order valence-corrected chi connectivity index (χ0v) is 20.1. The minimum absolute atomic E-state index is 0.0184. The van der Waals surface area contributed by atoms with E-state index in [9.17, 15) is 19.1 Å². The van der Waals surface area contributed by atoms with Crippen molar-refractivity contribution in [2.24, 2.45) is 0 Å². The van der Waals surface area contributed by atoms with Crippen LogP contribution >= 0.6 is 0 Å². The summed E-state index contributed by atoms with van der Waals surface area (Å²) in [5, 5.41) is 11.4. The molecule has 2 heterocycles. The average molecular weight is 475 g/mol. The van der Waals surface area contributed by atoms with Gasteiger partial charge in [0.2, 0.25) is 0 Å². The molecule has 1 saturated heterocycles.